The summed E-state index contributed by atoms with van der Waals surface area (Å²) >= 11 is 0. The molecule has 1 saturated carbocycles. The standard InChI is InChI=1S/C11H21NO3/c1-2-10(13)7-12(8-11(14)15)9-5-3-4-6-9/h9-10,13H,2-8H2,1H3,(H,14,15). The third kappa shape index (κ3) is 4.18. The SMILES string of the molecule is CCC(O)CN(CC(=O)O)C1CCCC1. The molecule has 0 heterocycles. The zero-order valence-electron chi connectivity index (χ0n) is 9.35. The first-order valence-corrected chi connectivity index (χ1v) is 5.77. The van der Waals surface area contributed by atoms with Gasteiger partial charge in [-0.05, 0) is 19.3 Å². The van der Waals surface area contributed by atoms with Crippen molar-refractivity contribution in [3.05, 3.63) is 0 Å². The van der Waals surface area contributed by atoms with Gasteiger partial charge in [-0.1, -0.05) is 19.8 Å². The Balaban J connectivity index is 2.47. The molecule has 0 aromatic rings. The van der Waals surface area contributed by atoms with Crippen molar-refractivity contribution in [2.24, 2.45) is 0 Å². The molecule has 0 aliphatic heterocycles. The Hall–Kier alpha value is -0.610. The van der Waals surface area contributed by atoms with Crippen LogP contribution in [0.25, 0.3) is 0 Å². The van der Waals surface area contributed by atoms with Gasteiger partial charge < -0.3 is 10.2 Å². The van der Waals surface area contributed by atoms with Crippen LogP contribution in [0.15, 0.2) is 0 Å². The molecule has 15 heavy (non-hydrogen) atoms. The van der Waals surface area contributed by atoms with Crippen molar-refractivity contribution in [1.29, 1.82) is 0 Å². The molecule has 0 bridgehead atoms. The Morgan fingerprint density at radius 3 is 2.53 bits per heavy atom. The van der Waals surface area contributed by atoms with Gasteiger partial charge in [0.15, 0.2) is 0 Å². The zero-order chi connectivity index (χ0) is 11.3. The molecule has 0 saturated heterocycles. The van der Waals surface area contributed by atoms with Gasteiger partial charge in [-0.15, -0.1) is 0 Å². The van der Waals surface area contributed by atoms with Crippen molar-refractivity contribution >= 4 is 5.97 Å². The second kappa shape index (κ2) is 6.08. The van der Waals surface area contributed by atoms with Crippen molar-refractivity contribution in [3.8, 4) is 0 Å². The van der Waals surface area contributed by atoms with Crippen molar-refractivity contribution in [3.63, 3.8) is 0 Å². The van der Waals surface area contributed by atoms with E-state index in [1.807, 2.05) is 11.8 Å². The highest BCUT2D eigenvalue weighted by Gasteiger charge is 2.25. The Morgan fingerprint density at radius 1 is 1.47 bits per heavy atom. The van der Waals surface area contributed by atoms with Crippen molar-refractivity contribution in [2.75, 3.05) is 13.1 Å². The molecule has 0 aromatic heterocycles. The summed E-state index contributed by atoms with van der Waals surface area (Å²) in [4.78, 5) is 12.6. The molecule has 88 valence electrons. The van der Waals surface area contributed by atoms with Crippen LogP contribution >= 0.6 is 0 Å². The zero-order valence-corrected chi connectivity index (χ0v) is 9.35. The lowest BCUT2D eigenvalue weighted by molar-refractivity contribution is -0.139. The van der Waals surface area contributed by atoms with Crippen LogP contribution in [0, 0.1) is 0 Å². The molecule has 1 aliphatic rings. The van der Waals surface area contributed by atoms with E-state index in [9.17, 15) is 9.90 Å². The molecule has 1 rings (SSSR count). The van der Waals surface area contributed by atoms with Crippen molar-refractivity contribution in [1.82, 2.24) is 4.90 Å². The smallest absolute Gasteiger partial charge is 0.317 e. The normalized spacial score (nSPS) is 19.7. The third-order valence-corrected chi connectivity index (χ3v) is 3.10. The first-order valence-electron chi connectivity index (χ1n) is 5.77. The van der Waals surface area contributed by atoms with Crippen LogP contribution in [-0.2, 0) is 4.79 Å². The molecule has 0 radical (unpaired) electrons. The summed E-state index contributed by atoms with van der Waals surface area (Å²) in [6.07, 6.45) is 4.80. The van der Waals surface area contributed by atoms with Gasteiger partial charge in [-0.3, -0.25) is 9.69 Å². The van der Waals surface area contributed by atoms with E-state index in [4.69, 9.17) is 5.11 Å². The number of rotatable bonds is 6. The number of hydrogen-bond donors (Lipinski definition) is 2. The highest BCUT2D eigenvalue weighted by atomic mass is 16.4. The molecule has 4 heteroatoms. The van der Waals surface area contributed by atoms with E-state index < -0.39 is 12.1 Å². The van der Waals surface area contributed by atoms with Gasteiger partial charge in [-0.25, -0.2) is 0 Å². The van der Waals surface area contributed by atoms with Crippen LogP contribution < -0.4 is 0 Å². The number of aliphatic carboxylic acids is 1. The fourth-order valence-corrected chi connectivity index (χ4v) is 2.19. The quantitative estimate of drug-likeness (QED) is 0.696. The van der Waals surface area contributed by atoms with E-state index in [0.29, 0.717) is 19.0 Å². The summed E-state index contributed by atoms with van der Waals surface area (Å²) in [7, 11) is 0. The molecule has 1 atom stereocenters. The van der Waals surface area contributed by atoms with E-state index >= 15 is 0 Å². The number of carbonyl (C=O) groups is 1. The number of carboxylic acids is 1. The summed E-state index contributed by atoms with van der Waals surface area (Å²) in [5.41, 5.74) is 0. The molecule has 1 unspecified atom stereocenters. The maximum atomic E-state index is 10.7. The van der Waals surface area contributed by atoms with Gasteiger partial charge in [0.25, 0.3) is 0 Å². The fraction of sp³-hybridized carbons (Fsp3) is 0.909. The van der Waals surface area contributed by atoms with Crippen LogP contribution in [0.2, 0.25) is 0 Å². The van der Waals surface area contributed by atoms with Gasteiger partial charge in [0.05, 0.1) is 12.6 Å². The van der Waals surface area contributed by atoms with Crippen LogP contribution in [0.5, 0.6) is 0 Å². The van der Waals surface area contributed by atoms with E-state index in [2.05, 4.69) is 0 Å². The largest absolute Gasteiger partial charge is 0.480 e. The summed E-state index contributed by atoms with van der Waals surface area (Å²) in [6.45, 7) is 2.47. The highest BCUT2D eigenvalue weighted by molar-refractivity contribution is 5.69. The summed E-state index contributed by atoms with van der Waals surface area (Å²) < 4.78 is 0. The third-order valence-electron chi connectivity index (χ3n) is 3.10. The molecule has 0 spiro atoms. The first kappa shape index (κ1) is 12.5. The van der Waals surface area contributed by atoms with E-state index in [0.717, 1.165) is 12.8 Å². The molecule has 4 nitrogen and oxygen atoms in total. The summed E-state index contributed by atoms with van der Waals surface area (Å²) in [5.74, 6) is -0.801. The monoisotopic (exact) mass is 215 g/mol. The van der Waals surface area contributed by atoms with Crippen LogP contribution in [0.3, 0.4) is 0 Å². The number of nitrogens with zero attached hydrogens (tertiary/aromatic N) is 1. The average molecular weight is 215 g/mol. The van der Waals surface area contributed by atoms with E-state index in [1.165, 1.54) is 12.8 Å². The lowest BCUT2D eigenvalue weighted by atomic mass is 10.1. The minimum Gasteiger partial charge on any atom is -0.480 e. The Bertz CT molecular complexity index is 202. The topological polar surface area (TPSA) is 60.8 Å². The molecule has 1 aliphatic carbocycles. The van der Waals surface area contributed by atoms with Gasteiger partial charge >= 0.3 is 5.97 Å². The minimum absolute atomic E-state index is 0.0573. The van der Waals surface area contributed by atoms with Crippen LogP contribution in [-0.4, -0.2) is 46.3 Å². The summed E-state index contributed by atoms with van der Waals surface area (Å²) in [5, 5.41) is 18.4. The lowest BCUT2D eigenvalue weighted by Crippen LogP contribution is -2.42. The predicted molar refractivity (Wildman–Crippen MR) is 57.8 cm³/mol. The predicted octanol–water partition coefficient (Wildman–Crippen LogP) is 1.09. The molecule has 0 aromatic carbocycles. The van der Waals surface area contributed by atoms with Crippen LogP contribution in [0.4, 0.5) is 0 Å². The maximum absolute atomic E-state index is 10.7. The van der Waals surface area contributed by atoms with Crippen molar-refractivity contribution < 1.29 is 15.0 Å². The first-order chi connectivity index (χ1) is 7.13. The molecular weight excluding hydrogens is 194 g/mol. The van der Waals surface area contributed by atoms with Gasteiger partial charge in [0, 0.05) is 12.6 Å². The molecule has 1 fully saturated rings. The van der Waals surface area contributed by atoms with Crippen molar-refractivity contribution in [2.45, 2.75) is 51.2 Å². The lowest BCUT2D eigenvalue weighted by Gasteiger charge is -2.28. The number of carboxylic acid groups (broad SMARTS) is 1. The number of hydrogen-bond acceptors (Lipinski definition) is 3. The minimum atomic E-state index is -0.801. The number of aliphatic hydroxyl groups excluding tert-OH is 1. The maximum Gasteiger partial charge on any atom is 0.317 e. The van der Waals surface area contributed by atoms with E-state index in [1.54, 1.807) is 0 Å². The van der Waals surface area contributed by atoms with Gasteiger partial charge in [-0.2, -0.15) is 0 Å². The van der Waals surface area contributed by atoms with Crippen LogP contribution in [0.1, 0.15) is 39.0 Å². The Labute approximate surface area is 90.9 Å². The molecular formula is C11H21NO3. The summed E-state index contributed by atoms with van der Waals surface area (Å²) in [6, 6.07) is 0.363. The van der Waals surface area contributed by atoms with Gasteiger partial charge in [0.1, 0.15) is 0 Å². The van der Waals surface area contributed by atoms with E-state index in [-0.39, 0.29) is 6.54 Å². The fourth-order valence-electron chi connectivity index (χ4n) is 2.19. The highest BCUT2D eigenvalue weighted by Crippen LogP contribution is 2.23. The Morgan fingerprint density at radius 2 is 2.07 bits per heavy atom. The van der Waals surface area contributed by atoms with Gasteiger partial charge in [0.2, 0.25) is 0 Å². The average Bonchev–Trinajstić information content (AvgIpc) is 2.68. The Kier molecular flexibility index (Phi) is 5.05. The molecule has 0 amide bonds. The second-order valence-corrected chi connectivity index (χ2v) is 4.32. The molecule has 2 N–H and O–H groups in total. The second-order valence-electron chi connectivity index (χ2n) is 4.32. The number of aliphatic hydroxyl groups is 1.